The van der Waals surface area contributed by atoms with Gasteiger partial charge in [0.1, 0.15) is 11.6 Å². The lowest BCUT2D eigenvalue weighted by atomic mass is 9.96. The van der Waals surface area contributed by atoms with Crippen LogP contribution in [0.15, 0.2) is 48.5 Å². The molecule has 0 radical (unpaired) electrons. The zero-order valence-corrected chi connectivity index (χ0v) is 20.8. The van der Waals surface area contributed by atoms with Crippen LogP contribution >= 0.6 is 11.6 Å². The van der Waals surface area contributed by atoms with E-state index in [9.17, 15) is 18.8 Å². The van der Waals surface area contributed by atoms with Crippen LogP contribution in [0.5, 0.6) is 0 Å². The summed E-state index contributed by atoms with van der Waals surface area (Å²) in [6.07, 6.45) is 0.642. The monoisotopic (exact) mass is 520 g/mol. The van der Waals surface area contributed by atoms with Crippen LogP contribution in [0.1, 0.15) is 48.0 Å². The molecular formula is C27H22ClFN4O4. The molecule has 37 heavy (non-hydrogen) atoms. The Balaban J connectivity index is 1.35. The molecule has 0 saturated carbocycles. The zero-order chi connectivity index (χ0) is 26.3. The summed E-state index contributed by atoms with van der Waals surface area (Å²) in [5, 5.41) is 2.37. The number of H-pyrrole nitrogens is 1. The third-order valence-corrected chi connectivity index (χ3v) is 6.64. The van der Waals surface area contributed by atoms with E-state index < -0.39 is 17.7 Å². The molecule has 2 heterocycles. The van der Waals surface area contributed by atoms with E-state index in [4.69, 9.17) is 11.6 Å². The number of esters is 1. The molecule has 0 fully saturated rings. The molecular weight excluding hydrogens is 499 g/mol. The molecule has 0 bridgehead atoms. The van der Waals surface area contributed by atoms with Crippen molar-refractivity contribution in [2.75, 3.05) is 19.0 Å². The highest BCUT2D eigenvalue weighted by atomic mass is 35.5. The predicted molar refractivity (Wildman–Crippen MR) is 136 cm³/mol. The highest BCUT2D eigenvalue weighted by Gasteiger charge is 2.24. The van der Waals surface area contributed by atoms with E-state index >= 15 is 0 Å². The first-order valence-corrected chi connectivity index (χ1v) is 11.9. The Morgan fingerprint density at radius 2 is 1.86 bits per heavy atom. The summed E-state index contributed by atoms with van der Waals surface area (Å²) < 4.78 is 19.1. The second kappa shape index (κ2) is 9.67. The van der Waals surface area contributed by atoms with Crippen LogP contribution in [0.4, 0.5) is 10.1 Å². The van der Waals surface area contributed by atoms with Crippen LogP contribution in [0.25, 0.3) is 11.0 Å². The molecule has 1 aliphatic heterocycles. The number of carbonyl (C=O) groups excluding carboxylic acids is 3. The summed E-state index contributed by atoms with van der Waals surface area (Å²) in [4.78, 5) is 47.3. The molecule has 5 rings (SSSR count). The molecule has 0 aliphatic carbocycles. The van der Waals surface area contributed by atoms with Crippen molar-refractivity contribution in [2.45, 2.75) is 19.9 Å². The fraction of sp³-hybridized carbons (Fsp3) is 0.185. The Morgan fingerprint density at radius 3 is 2.65 bits per heavy atom. The van der Waals surface area contributed by atoms with Gasteiger partial charge in [-0.1, -0.05) is 17.7 Å². The van der Waals surface area contributed by atoms with Gasteiger partial charge < -0.3 is 19.9 Å². The molecule has 4 aromatic rings. The topological polar surface area (TPSA) is 104 Å². The van der Waals surface area contributed by atoms with Gasteiger partial charge in [-0.25, -0.2) is 14.2 Å². The Labute approximate surface area is 216 Å². The molecule has 0 unspecified atom stereocenters. The van der Waals surface area contributed by atoms with E-state index in [-0.39, 0.29) is 27.7 Å². The first-order chi connectivity index (χ1) is 17.7. The van der Waals surface area contributed by atoms with Crippen LogP contribution in [0.3, 0.4) is 0 Å². The average Bonchev–Trinajstić information content (AvgIpc) is 3.27. The minimum atomic E-state index is -0.787. The van der Waals surface area contributed by atoms with Gasteiger partial charge in [0, 0.05) is 24.2 Å². The number of methoxy groups -OCH3 is 1. The van der Waals surface area contributed by atoms with Crippen molar-refractivity contribution in [1.29, 1.82) is 0 Å². The maximum Gasteiger partial charge on any atom is 0.339 e. The number of carbonyl (C=O) groups is 3. The molecule has 1 aliphatic rings. The van der Waals surface area contributed by atoms with Crippen molar-refractivity contribution < 1.29 is 23.5 Å². The van der Waals surface area contributed by atoms with Crippen LogP contribution in [-0.4, -0.2) is 46.3 Å². The van der Waals surface area contributed by atoms with Gasteiger partial charge in [0.25, 0.3) is 11.8 Å². The highest BCUT2D eigenvalue weighted by molar-refractivity contribution is 6.33. The molecule has 0 spiro atoms. The van der Waals surface area contributed by atoms with E-state index in [1.165, 1.54) is 7.11 Å². The first-order valence-electron chi connectivity index (χ1n) is 11.5. The predicted octanol–water partition coefficient (Wildman–Crippen LogP) is 4.90. The average molecular weight is 521 g/mol. The number of amides is 2. The highest BCUT2D eigenvalue weighted by Crippen LogP contribution is 2.27. The summed E-state index contributed by atoms with van der Waals surface area (Å²) in [6.45, 7) is 2.73. The van der Waals surface area contributed by atoms with Gasteiger partial charge >= 0.3 is 5.97 Å². The first kappa shape index (κ1) is 24.5. The fourth-order valence-corrected chi connectivity index (χ4v) is 4.66. The number of nitrogens with one attached hydrogen (secondary N) is 2. The van der Waals surface area contributed by atoms with Gasteiger partial charge in [0.2, 0.25) is 0 Å². The van der Waals surface area contributed by atoms with Crippen molar-refractivity contribution in [3.8, 4) is 0 Å². The number of aryl methyl sites for hydroxylation is 1. The molecule has 3 aromatic carbocycles. The molecule has 2 N–H and O–H groups in total. The van der Waals surface area contributed by atoms with Gasteiger partial charge in [0.05, 0.1) is 34.4 Å². The number of nitrogens with zero attached hydrogens (tertiary/aromatic N) is 2. The molecule has 0 saturated heterocycles. The normalized spacial score (nSPS) is 12.8. The Bertz CT molecular complexity index is 1580. The third kappa shape index (κ3) is 4.77. The quantitative estimate of drug-likeness (QED) is 0.372. The molecule has 2 amide bonds. The van der Waals surface area contributed by atoms with Gasteiger partial charge in [-0.15, -0.1) is 0 Å². The summed E-state index contributed by atoms with van der Waals surface area (Å²) >= 11 is 5.93. The van der Waals surface area contributed by atoms with Crippen molar-refractivity contribution in [2.24, 2.45) is 0 Å². The second-order valence-electron chi connectivity index (χ2n) is 8.77. The molecule has 0 atom stereocenters. The molecule has 10 heteroatoms. The van der Waals surface area contributed by atoms with E-state index in [1.807, 2.05) is 19.1 Å². The Morgan fingerprint density at radius 1 is 1.08 bits per heavy atom. The molecule has 188 valence electrons. The summed E-state index contributed by atoms with van der Waals surface area (Å²) in [7, 11) is 1.18. The SMILES string of the molecule is COC(=O)c1cc(NC(=O)c2ccc3c(c2)CN(C(=O)c2ccc4nc(C)[nH]c4c2)CC3)c(F)cc1Cl. The van der Waals surface area contributed by atoms with Crippen molar-refractivity contribution in [3.05, 3.63) is 93.0 Å². The number of benzene rings is 3. The van der Waals surface area contributed by atoms with Crippen LogP contribution in [0, 0.1) is 12.7 Å². The number of fused-ring (bicyclic) bond motifs is 2. The lowest BCUT2D eigenvalue weighted by Gasteiger charge is -2.29. The third-order valence-electron chi connectivity index (χ3n) is 6.33. The van der Waals surface area contributed by atoms with Crippen LogP contribution in [-0.2, 0) is 17.7 Å². The lowest BCUT2D eigenvalue weighted by molar-refractivity contribution is 0.0600. The van der Waals surface area contributed by atoms with Gasteiger partial charge in [-0.2, -0.15) is 0 Å². The summed E-state index contributed by atoms with van der Waals surface area (Å²) in [5.74, 6) is -1.44. The Kier molecular flexibility index (Phi) is 6.39. The lowest BCUT2D eigenvalue weighted by Crippen LogP contribution is -2.36. The van der Waals surface area contributed by atoms with E-state index in [1.54, 1.807) is 29.2 Å². The minimum Gasteiger partial charge on any atom is -0.465 e. The van der Waals surface area contributed by atoms with E-state index in [2.05, 4.69) is 20.0 Å². The fourth-order valence-electron chi connectivity index (χ4n) is 4.43. The minimum absolute atomic E-state index is 0.0658. The number of hydrogen-bond donors (Lipinski definition) is 2. The van der Waals surface area contributed by atoms with Gasteiger partial charge in [0.15, 0.2) is 0 Å². The van der Waals surface area contributed by atoms with E-state index in [0.717, 1.165) is 40.1 Å². The second-order valence-corrected chi connectivity index (χ2v) is 9.18. The smallest absolute Gasteiger partial charge is 0.339 e. The standard InChI is InChI=1S/C27H22ClFN4O4/c1-14-30-22-6-5-17(10-24(22)31-14)26(35)33-8-7-15-3-4-16(9-18(15)13-33)25(34)32-23-11-19(27(36)37-2)20(28)12-21(23)29/h3-6,9-12H,7-8,13H2,1-2H3,(H,30,31)(H,32,34). The van der Waals surface area contributed by atoms with Crippen molar-refractivity contribution >= 4 is 46.1 Å². The number of rotatable bonds is 4. The van der Waals surface area contributed by atoms with Gasteiger partial charge in [-0.3, -0.25) is 9.59 Å². The zero-order valence-electron chi connectivity index (χ0n) is 20.0. The number of halogens is 2. The molecule has 8 nitrogen and oxygen atoms in total. The summed E-state index contributed by atoms with van der Waals surface area (Å²) in [5.41, 5.74) is 4.03. The van der Waals surface area contributed by atoms with Crippen molar-refractivity contribution in [3.63, 3.8) is 0 Å². The van der Waals surface area contributed by atoms with Crippen LogP contribution in [0.2, 0.25) is 5.02 Å². The summed E-state index contributed by atoms with van der Waals surface area (Å²) in [6, 6.07) is 12.6. The van der Waals surface area contributed by atoms with E-state index in [0.29, 0.717) is 25.1 Å². The Hall–Kier alpha value is -4.24. The maximum absolute atomic E-state index is 14.4. The number of imidazole rings is 1. The number of ether oxygens (including phenoxy) is 1. The van der Waals surface area contributed by atoms with Gasteiger partial charge in [-0.05, 0) is 66.9 Å². The number of aromatic nitrogens is 2. The largest absolute Gasteiger partial charge is 0.465 e. The van der Waals surface area contributed by atoms with Crippen molar-refractivity contribution in [1.82, 2.24) is 14.9 Å². The van der Waals surface area contributed by atoms with Crippen LogP contribution < -0.4 is 5.32 Å². The maximum atomic E-state index is 14.4. The number of anilines is 1. The molecule has 1 aromatic heterocycles. The number of hydrogen-bond acceptors (Lipinski definition) is 5. The number of aromatic amines is 1.